The lowest BCUT2D eigenvalue weighted by Gasteiger charge is -2.21. The van der Waals surface area contributed by atoms with Crippen molar-refractivity contribution in [1.82, 2.24) is 14.4 Å². The van der Waals surface area contributed by atoms with Gasteiger partial charge in [0.25, 0.3) is 0 Å². The molecule has 0 N–H and O–H groups in total. The largest absolute Gasteiger partial charge is 0.287 e. The first-order valence-corrected chi connectivity index (χ1v) is 5.74. The van der Waals surface area contributed by atoms with Crippen LogP contribution in [0.25, 0.3) is 5.65 Å². The molecule has 0 bridgehead atoms. The Labute approximate surface area is 96.5 Å². The van der Waals surface area contributed by atoms with E-state index in [0.717, 1.165) is 17.2 Å². The number of hydrogen-bond donors (Lipinski definition) is 0. The summed E-state index contributed by atoms with van der Waals surface area (Å²) in [6.07, 6.45) is 3.81. The zero-order valence-electron chi connectivity index (χ0n) is 10.7. The van der Waals surface area contributed by atoms with E-state index in [1.165, 1.54) is 0 Å². The first-order valence-electron chi connectivity index (χ1n) is 5.74. The first-order chi connectivity index (χ1) is 7.39. The summed E-state index contributed by atoms with van der Waals surface area (Å²) in [5, 5.41) is 0. The molecule has 0 atom stereocenters. The fraction of sp³-hybridized carbons (Fsp3) is 0.538. The van der Waals surface area contributed by atoms with Gasteiger partial charge in [0, 0.05) is 29.6 Å². The van der Waals surface area contributed by atoms with Gasteiger partial charge in [-0.2, -0.15) is 0 Å². The Morgan fingerprint density at radius 2 is 1.94 bits per heavy atom. The molecule has 3 nitrogen and oxygen atoms in total. The van der Waals surface area contributed by atoms with Crippen LogP contribution in [0.2, 0.25) is 0 Å². The third-order valence-corrected chi connectivity index (χ3v) is 2.67. The van der Waals surface area contributed by atoms with E-state index in [1.807, 2.05) is 12.4 Å². The van der Waals surface area contributed by atoms with Gasteiger partial charge in [-0.25, -0.2) is 9.97 Å². The van der Waals surface area contributed by atoms with Crippen LogP contribution < -0.4 is 0 Å². The Morgan fingerprint density at radius 1 is 1.25 bits per heavy atom. The second-order valence-corrected chi connectivity index (χ2v) is 5.56. The van der Waals surface area contributed by atoms with E-state index >= 15 is 0 Å². The van der Waals surface area contributed by atoms with Crippen LogP contribution >= 0.6 is 0 Å². The minimum atomic E-state index is 0.0316. The molecule has 0 saturated carbocycles. The smallest absolute Gasteiger partial charge is 0.139 e. The Bertz CT molecular complexity index is 503. The molecule has 0 radical (unpaired) electrons. The van der Waals surface area contributed by atoms with Crippen molar-refractivity contribution in [2.75, 3.05) is 0 Å². The van der Waals surface area contributed by atoms with Gasteiger partial charge in [-0.05, 0) is 5.92 Å². The number of aromatic nitrogens is 3. The molecule has 0 unspecified atom stereocenters. The van der Waals surface area contributed by atoms with E-state index in [2.05, 4.69) is 50.1 Å². The lowest BCUT2D eigenvalue weighted by Crippen LogP contribution is -2.19. The van der Waals surface area contributed by atoms with E-state index in [0.29, 0.717) is 5.92 Å². The predicted molar refractivity (Wildman–Crippen MR) is 65.8 cm³/mol. The van der Waals surface area contributed by atoms with E-state index in [4.69, 9.17) is 4.98 Å². The van der Waals surface area contributed by atoms with Gasteiger partial charge in [-0.3, -0.25) is 4.40 Å². The Balaban J connectivity index is 2.74. The van der Waals surface area contributed by atoms with Crippen LogP contribution in [-0.4, -0.2) is 14.4 Å². The van der Waals surface area contributed by atoms with Crippen molar-refractivity contribution in [3.63, 3.8) is 0 Å². The topological polar surface area (TPSA) is 30.2 Å². The van der Waals surface area contributed by atoms with Crippen LogP contribution in [0.4, 0.5) is 0 Å². The van der Waals surface area contributed by atoms with Gasteiger partial charge >= 0.3 is 0 Å². The van der Waals surface area contributed by atoms with Gasteiger partial charge in [-0.15, -0.1) is 0 Å². The van der Waals surface area contributed by atoms with Gasteiger partial charge in [0.05, 0.1) is 0 Å². The highest BCUT2D eigenvalue weighted by molar-refractivity contribution is 5.42. The average molecular weight is 217 g/mol. The van der Waals surface area contributed by atoms with Gasteiger partial charge in [-0.1, -0.05) is 34.6 Å². The summed E-state index contributed by atoms with van der Waals surface area (Å²) in [5.74, 6) is 1.51. The van der Waals surface area contributed by atoms with Crippen LogP contribution in [0.1, 0.15) is 52.1 Å². The highest BCUT2D eigenvalue weighted by Gasteiger charge is 2.20. The number of imidazole rings is 1. The third-order valence-electron chi connectivity index (χ3n) is 2.67. The van der Waals surface area contributed by atoms with Crippen LogP contribution in [-0.2, 0) is 5.41 Å². The highest BCUT2D eigenvalue weighted by atomic mass is 15.1. The lowest BCUT2D eigenvalue weighted by molar-refractivity contribution is 0.530. The Hall–Kier alpha value is -1.38. The summed E-state index contributed by atoms with van der Waals surface area (Å²) >= 11 is 0. The number of fused-ring (bicyclic) bond motifs is 1. The van der Waals surface area contributed by atoms with Crippen LogP contribution in [0.3, 0.4) is 0 Å². The van der Waals surface area contributed by atoms with Gasteiger partial charge < -0.3 is 0 Å². The molecule has 0 amide bonds. The molecule has 16 heavy (non-hydrogen) atoms. The van der Waals surface area contributed by atoms with Gasteiger partial charge in [0.1, 0.15) is 11.5 Å². The maximum Gasteiger partial charge on any atom is 0.139 e. The maximum atomic E-state index is 4.77. The molecule has 2 aromatic rings. The number of nitrogens with zero attached hydrogens (tertiary/aromatic N) is 3. The second-order valence-electron chi connectivity index (χ2n) is 5.56. The second kappa shape index (κ2) is 3.58. The standard InChI is InChI=1S/C13H19N3/c1-9(2)10-8-11-14-6-7-16(11)12(15-10)13(3,4)5/h6-9H,1-5H3. The molecule has 0 saturated heterocycles. The molecular formula is C13H19N3. The molecular weight excluding hydrogens is 198 g/mol. The minimum Gasteiger partial charge on any atom is -0.287 e. The molecule has 0 spiro atoms. The van der Waals surface area contributed by atoms with Crippen molar-refractivity contribution < 1.29 is 0 Å². The predicted octanol–water partition coefficient (Wildman–Crippen LogP) is 3.15. The Morgan fingerprint density at radius 3 is 2.50 bits per heavy atom. The minimum absolute atomic E-state index is 0.0316. The van der Waals surface area contributed by atoms with Gasteiger partial charge in [0.15, 0.2) is 0 Å². The average Bonchev–Trinajstić information content (AvgIpc) is 2.61. The van der Waals surface area contributed by atoms with E-state index < -0.39 is 0 Å². The summed E-state index contributed by atoms with van der Waals surface area (Å²) in [6, 6.07) is 2.07. The zero-order valence-corrected chi connectivity index (χ0v) is 10.7. The molecule has 2 rings (SSSR count). The summed E-state index contributed by atoms with van der Waals surface area (Å²) in [7, 11) is 0. The van der Waals surface area contributed by atoms with Crippen molar-refractivity contribution in [3.8, 4) is 0 Å². The SMILES string of the molecule is CC(C)c1cc2nccn2c(C(C)(C)C)n1. The first kappa shape index (κ1) is 11.1. The molecule has 0 aliphatic rings. The van der Waals surface area contributed by atoms with Crippen LogP contribution in [0.15, 0.2) is 18.5 Å². The molecule has 0 aliphatic carbocycles. The molecule has 0 fully saturated rings. The fourth-order valence-electron chi connectivity index (χ4n) is 1.77. The Kier molecular flexibility index (Phi) is 2.49. The van der Waals surface area contributed by atoms with E-state index in [-0.39, 0.29) is 5.41 Å². The van der Waals surface area contributed by atoms with Crippen molar-refractivity contribution in [2.24, 2.45) is 0 Å². The quantitative estimate of drug-likeness (QED) is 0.734. The van der Waals surface area contributed by atoms with Crippen molar-refractivity contribution in [2.45, 2.75) is 46.0 Å². The normalized spacial score (nSPS) is 12.6. The summed E-state index contributed by atoms with van der Waals surface area (Å²) in [5.41, 5.74) is 2.14. The highest BCUT2D eigenvalue weighted by Crippen LogP contribution is 2.24. The number of hydrogen-bond acceptors (Lipinski definition) is 2. The van der Waals surface area contributed by atoms with Crippen molar-refractivity contribution >= 4 is 5.65 Å². The van der Waals surface area contributed by atoms with Crippen molar-refractivity contribution in [1.29, 1.82) is 0 Å². The number of rotatable bonds is 1. The summed E-state index contributed by atoms with van der Waals surface area (Å²) in [6.45, 7) is 10.9. The molecule has 86 valence electrons. The maximum absolute atomic E-state index is 4.77. The van der Waals surface area contributed by atoms with E-state index in [9.17, 15) is 0 Å². The molecule has 2 aromatic heterocycles. The zero-order chi connectivity index (χ0) is 11.9. The van der Waals surface area contributed by atoms with Gasteiger partial charge in [0.2, 0.25) is 0 Å². The molecule has 2 heterocycles. The molecule has 3 heteroatoms. The molecule has 0 aromatic carbocycles. The van der Waals surface area contributed by atoms with Crippen LogP contribution in [0, 0.1) is 0 Å². The monoisotopic (exact) mass is 217 g/mol. The third kappa shape index (κ3) is 1.82. The van der Waals surface area contributed by atoms with Crippen LogP contribution in [0.5, 0.6) is 0 Å². The molecule has 0 aliphatic heterocycles. The van der Waals surface area contributed by atoms with Crippen molar-refractivity contribution in [3.05, 3.63) is 30.0 Å². The lowest BCUT2D eigenvalue weighted by atomic mass is 9.95. The fourth-order valence-corrected chi connectivity index (χ4v) is 1.77. The summed E-state index contributed by atoms with van der Waals surface area (Å²) in [4.78, 5) is 9.13. The van der Waals surface area contributed by atoms with E-state index in [1.54, 1.807) is 0 Å². The summed E-state index contributed by atoms with van der Waals surface area (Å²) < 4.78 is 2.08.